The number of rotatable bonds is 5. The smallest absolute Gasteiger partial charge is 0.191 e. The monoisotopic (exact) mass is 471 g/mol. The van der Waals surface area contributed by atoms with Gasteiger partial charge >= 0.3 is 0 Å². The van der Waals surface area contributed by atoms with E-state index in [0.717, 1.165) is 25.3 Å². The number of furan rings is 1. The Morgan fingerprint density at radius 3 is 2.81 bits per heavy atom. The molecule has 0 saturated heterocycles. The number of hydrogen-bond donors (Lipinski definition) is 3. The van der Waals surface area contributed by atoms with Crippen LogP contribution in [-0.2, 0) is 5.60 Å². The van der Waals surface area contributed by atoms with Crippen molar-refractivity contribution >= 4 is 29.9 Å². The van der Waals surface area contributed by atoms with Gasteiger partial charge in [0.25, 0.3) is 0 Å². The molecule has 3 rings (SSSR count). The molecule has 1 aliphatic heterocycles. The standard InChI is InChI=1S/C19H25N3O3.HI/c1-19(23,17-8-5-10-25-17)13-22-18(20-2)21-12-14-9-11-24-16-7-4-3-6-15(14)16;/h3-8,10,14,23H,9,11-13H2,1-2H3,(H2,20,21,22);1H. The van der Waals surface area contributed by atoms with E-state index in [9.17, 15) is 5.11 Å². The largest absolute Gasteiger partial charge is 0.493 e. The molecule has 2 atom stereocenters. The summed E-state index contributed by atoms with van der Waals surface area (Å²) in [4.78, 5) is 4.23. The second-order valence-electron chi connectivity index (χ2n) is 6.43. The fraction of sp³-hybridized carbons (Fsp3) is 0.421. The topological polar surface area (TPSA) is 79.0 Å². The molecule has 26 heavy (non-hydrogen) atoms. The molecule has 142 valence electrons. The highest BCUT2D eigenvalue weighted by molar-refractivity contribution is 14.0. The molecule has 0 radical (unpaired) electrons. The van der Waals surface area contributed by atoms with Crippen LogP contribution in [-0.4, -0.2) is 37.8 Å². The molecule has 0 spiro atoms. The van der Waals surface area contributed by atoms with Gasteiger partial charge in [-0.2, -0.15) is 0 Å². The molecule has 1 aliphatic rings. The van der Waals surface area contributed by atoms with Crippen molar-refractivity contribution in [1.29, 1.82) is 0 Å². The Morgan fingerprint density at radius 1 is 1.27 bits per heavy atom. The third-order valence-corrected chi connectivity index (χ3v) is 4.47. The lowest BCUT2D eigenvalue weighted by Crippen LogP contribution is -2.45. The first-order valence-corrected chi connectivity index (χ1v) is 8.53. The molecule has 2 heterocycles. The van der Waals surface area contributed by atoms with Gasteiger partial charge in [0.05, 0.1) is 19.4 Å². The molecule has 1 aromatic carbocycles. The number of guanidine groups is 1. The quantitative estimate of drug-likeness (QED) is 0.355. The van der Waals surface area contributed by atoms with E-state index in [1.807, 2.05) is 18.2 Å². The predicted molar refractivity (Wildman–Crippen MR) is 112 cm³/mol. The molecule has 2 unspecified atom stereocenters. The van der Waals surface area contributed by atoms with Crippen LogP contribution in [0.5, 0.6) is 5.75 Å². The summed E-state index contributed by atoms with van der Waals surface area (Å²) in [7, 11) is 1.72. The number of halogens is 1. The van der Waals surface area contributed by atoms with Crippen LogP contribution < -0.4 is 15.4 Å². The van der Waals surface area contributed by atoms with Crippen LogP contribution in [0.15, 0.2) is 52.1 Å². The van der Waals surface area contributed by atoms with Crippen LogP contribution in [0.25, 0.3) is 0 Å². The number of para-hydroxylation sites is 1. The Kier molecular flexibility index (Phi) is 7.33. The zero-order valence-corrected chi connectivity index (χ0v) is 17.4. The van der Waals surface area contributed by atoms with E-state index in [4.69, 9.17) is 9.15 Å². The van der Waals surface area contributed by atoms with Crippen LogP contribution in [0.1, 0.15) is 30.6 Å². The van der Waals surface area contributed by atoms with Crippen molar-refractivity contribution < 1.29 is 14.3 Å². The molecule has 0 fully saturated rings. The lowest BCUT2D eigenvalue weighted by atomic mass is 9.93. The minimum atomic E-state index is -1.10. The number of nitrogens with one attached hydrogen (secondary N) is 2. The first-order valence-electron chi connectivity index (χ1n) is 8.53. The molecular formula is C19H26IN3O3. The molecule has 0 aliphatic carbocycles. The van der Waals surface area contributed by atoms with Crippen molar-refractivity contribution in [2.45, 2.75) is 24.9 Å². The van der Waals surface area contributed by atoms with Crippen molar-refractivity contribution in [3.8, 4) is 5.75 Å². The van der Waals surface area contributed by atoms with Crippen molar-refractivity contribution in [2.75, 3.05) is 26.7 Å². The van der Waals surface area contributed by atoms with Gasteiger partial charge in [0.1, 0.15) is 17.1 Å². The summed E-state index contributed by atoms with van der Waals surface area (Å²) in [5.41, 5.74) is 0.117. The van der Waals surface area contributed by atoms with E-state index >= 15 is 0 Å². The Labute approximate surface area is 171 Å². The Morgan fingerprint density at radius 2 is 2.08 bits per heavy atom. The SMILES string of the molecule is CN=C(NCC1CCOc2ccccc21)NCC(C)(O)c1ccco1.I. The summed E-state index contributed by atoms with van der Waals surface area (Å²) in [6, 6.07) is 11.7. The zero-order chi connectivity index (χ0) is 17.7. The van der Waals surface area contributed by atoms with Crippen molar-refractivity contribution in [1.82, 2.24) is 10.6 Å². The minimum absolute atomic E-state index is 0. The van der Waals surface area contributed by atoms with E-state index in [-0.39, 0.29) is 24.0 Å². The molecule has 3 N–H and O–H groups in total. The number of ether oxygens (including phenoxy) is 1. The molecule has 0 amide bonds. The second-order valence-corrected chi connectivity index (χ2v) is 6.43. The van der Waals surface area contributed by atoms with Gasteiger partial charge in [-0.3, -0.25) is 4.99 Å². The lowest BCUT2D eigenvalue weighted by molar-refractivity contribution is 0.0386. The van der Waals surface area contributed by atoms with Gasteiger partial charge in [0.15, 0.2) is 5.96 Å². The molecule has 2 aromatic rings. The number of benzene rings is 1. The first kappa shape index (κ1) is 20.6. The van der Waals surface area contributed by atoms with E-state index in [1.54, 1.807) is 32.4 Å². The van der Waals surface area contributed by atoms with Gasteiger partial charge in [-0.25, -0.2) is 0 Å². The van der Waals surface area contributed by atoms with Gasteiger partial charge in [-0.1, -0.05) is 18.2 Å². The van der Waals surface area contributed by atoms with Crippen LogP contribution in [0.2, 0.25) is 0 Å². The molecule has 6 nitrogen and oxygen atoms in total. The summed E-state index contributed by atoms with van der Waals surface area (Å²) in [6.45, 7) is 3.48. The summed E-state index contributed by atoms with van der Waals surface area (Å²) in [5.74, 6) is 2.50. The fourth-order valence-corrected chi connectivity index (χ4v) is 3.00. The van der Waals surface area contributed by atoms with E-state index < -0.39 is 5.60 Å². The van der Waals surface area contributed by atoms with Gasteiger partial charge in [0.2, 0.25) is 0 Å². The van der Waals surface area contributed by atoms with Gasteiger partial charge in [-0.05, 0) is 37.1 Å². The normalized spacial score (nSPS) is 18.7. The number of hydrogen-bond acceptors (Lipinski definition) is 4. The second kappa shape index (κ2) is 9.27. The minimum Gasteiger partial charge on any atom is -0.493 e. The summed E-state index contributed by atoms with van der Waals surface area (Å²) in [6.07, 6.45) is 2.52. The maximum atomic E-state index is 10.5. The zero-order valence-electron chi connectivity index (χ0n) is 15.1. The third kappa shape index (κ3) is 4.91. The maximum Gasteiger partial charge on any atom is 0.191 e. The predicted octanol–water partition coefficient (Wildman–Crippen LogP) is 2.84. The van der Waals surface area contributed by atoms with Crippen LogP contribution in [0.3, 0.4) is 0 Å². The van der Waals surface area contributed by atoms with Gasteiger partial charge in [-0.15, -0.1) is 24.0 Å². The van der Waals surface area contributed by atoms with E-state index in [2.05, 4.69) is 21.7 Å². The van der Waals surface area contributed by atoms with Crippen LogP contribution in [0.4, 0.5) is 0 Å². The Bertz CT molecular complexity index is 717. The number of nitrogens with zero attached hydrogens (tertiary/aromatic N) is 1. The highest BCUT2D eigenvalue weighted by Gasteiger charge is 2.27. The van der Waals surface area contributed by atoms with E-state index in [1.165, 1.54) is 5.56 Å². The lowest BCUT2D eigenvalue weighted by Gasteiger charge is -2.27. The maximum absolute atomic E-state index is 10.5. The Hall–Kier alpha value is -1.74. The van der Waals surface area contributed by atoms with Gasteiger partial charge in [0, 0.05) is 19.5 Å². The van der Waals surface area contributed by atoms with Crippen molar-refractivity contribution in [3.63, 3.8) is 0 Å². The van der Waals surface area contributed by atoms with Crippen molar-refractivity contribution in [2.24, 2.45) is 4.99 Å². The number of aliphatic hydroxyl groups is 1. The summed E-state index contributed by atoms with van der Waals surface area (Å²) in [5, 5.41) is 17.0. The van der Waals surface area contributed by atoms with Crippen LogP contribution in [0, 0.1) is 0 Å². The first-order chi connectivity index (χ1) is 12.1. The third-order valence-electron chi connectivity index (χ3n) is 4.47. The molecule has 1 aromatic heterocycles. The van der Waals surface area contributed by atoms with Crippen LogP contribution >= 0.6 is 24.0 Å². The van der Waals surface area contributed by atoms with Gasteiger partial charge < -0.3 is 24.9 Å². The number of fused-ring (bicyclic) bond motifs is 1. The Balaban J connectivity index is 0.00000243. The highest BCUT2D eigenvalue weighted by atomic mass is 127. The highest BCUT2D eigenvalue weighted by Crippen LogP contribution is 2.32. The fourth-order valence-electron chi connectivity index (χ4n) is 3.00. The van der Waals surface area contributed by atoms with Crippen molar-refractivity contribution in [3.05, 3.63) is 54.0 Å². The summed E-state index contributed by atoms with van der Waals surface area (Å²) < 4.78 is 11.0. The van der Waals surface area contributed by atoms with E-state index in [0.29, 0.717) is 24.2 Å². The molecular weight excluding hydrogens is 445 g/mol. The molecule has 7 heteroatoms. The summed E-state index contributed by atoms with van der Waals surface area (Å²) >= 11 is 0. The average Bonchev–Trinajstić information content (AvgIpc) is 3.17. The number of aliphatic imine (C=N–C) groups is 1. The molecule has 0 bridgehead atoms. The average molecular weight is 471 g/mol. The molecule has 0 saturated carbocycles.